The van der Waals surface area contributed by atoms with Crippen molar-refractivity contribution in [3.8, 4) is 11.1 Å². The maximum atomic E-state index is 12.9. The van der Waals surface area contributed by atoms with E-state index in [0.29, 0.717) is 35.3 Å². The van der Waals surface area contributed by atoms with Crippen LogP contribution >= 0.6 is 0 Å². The number of carbonyl (C=O) groups is 1. The summed E-state index contributed by atoms with van der Waals surface area (Å²) < 4.78 is 45.4. The van der Waals surface area contributed by atoms with Crippen LogP contribution in [0.2, 0.25) is 0 Å². The van der Waals surface area contributed by atoms with Gasteiger partial charge in [-0.3, -0.25) is 4.79 Å². The van der Waals surface area contributed by atoms with Gasteiger partial charge in [0.15, 0.2) is 0 Å². The zero-order valence-electron chi connectivity index (χ0n) is 18.2. The Bertz CT molecular complexity index is 1340. The SMILES string of the molecule is C[C@@H](Nc1ncc2c(-c3ccn4ncc(C(=O)NC5CCOCC5)c4c3)c[nH]c2n1)C(F)(F)F. The Morgan fingerprint density at radius 2 is 2.09 bits per heavy atom. The number of halogens is 3. The van der Waals surface area contributed by atoms with Gasteiger partial charge >= 0.3 is 6.18 Å². The minimum absolute atomic E-state index is 0.0630. The third-order valence-corrected chi connectivity index (χ3v) is 5.90. The monoisotopic (exact) mass is 473 g/mol. The molecular formula is C22H22F3N7O2. The molecule has 1 atom stereocenters. The maximum Gasteiger partial charge on any atom is 0.408 e. The third kappa shape index (κ3) is 4.28. The number of hydrogen-bond donors (Lipinski definition) is 3. The fourth-order valence-electron chi connectivity index (χ4n) is 3.92. The van der Waals surface area contributed by atoms with Gasteiger partial charge in [-0.25, -0.2) is 9.50 Å². The Morgan fingerprint density at radius 1 is 1.29 bits per heavy atom. The molecule has 0 radical (unpaired) electrons. The summed E-state index contributed by atoms with van der Waals surface area (Å²) in [5, 5.41) is 10.2. The van der Waals surface area contributed by atoms with Crippen molar-refractivity contribution in [2.45, 2.75) is 38.0 Å². The second-order valence-corrected chi connectivity index (χ2v) is 8.23. The molecule has 1 saturated heterocycles. The summed E-state index contributed by atoms with van der Waals surface area (Å²) in [7, 11) is 0. The van der Waals surface area contributed by atoms with Crippen molar-refractivity contribution >= 4 is 28.4 Å². The molecule has 0 aliphatic carbocycles. The summed E-state index contributed by atoms with van der Waals surface area (Å²) in [5.74, 6) is -0.320. The van der Waals surface area contributed by atoms with Gasteiger partial charge in [0.25, 0.3) is 5.91 Å². The van der Waals surface area contributed by atoms with Crippen LogP contribution in [-0.2, 0) is 4.74 Å². The largest absolute Gasteiger partial charge is 0.408 e. The Kier molecular flexibility index (Phi) is 5.60. The first kappa shape index (κ1) is 22.1. The summed E-state index contributed by atoms with van der Waals surface area (Å²) in [4.78, 5) is 24.1. The van der Waals surface area contributed by atoms with E-state index in [1.807, 2.05) is 12.1 Å². The second-order valence-electron chi connectivity index (χ2n) is 8.23. The fraction of sp³-hybridized carbons (Fsp3) is 0.364. The van der Waals surface area contributed by atoms with Crippen molar-refractivity contribution in [1.29, 1.82) is 0 Å². The van der Waals surface area contributed by atoms with E-state index < -0.39 is 12.2 Å². The van der Waals surface area contributed by atoms with Crippen LogP contribution in [0.25, 0.3) is 27.7 Å². The predicted molar refractivity (Wildman–Crippen MR) is 119 cm³/mol. The van der Waals surface area contributed by atoms with E-state index in [0.717, 1.165) is 30.9 Å². The summed E-state index contributed by atoms with van der Waals surface area (Å²) in [6.07, 6.45) is 3.59. The molecule has 0 saturated carbocycles. The lowest BCUT2D eigenvalue weighted by Crippen LogP contribution is -2.38. The van der Waals surface area contributed by atoms with Gasteiger partial charge in [-0.15, -0.1) is 0 Å². The van der Waals surface area contributed by atoms with Gasteiger partial charge in [0, 0.05) is 48.8 Å². The number of aromatic amines is 1. The molecule has 0 bridgehead atoms. The topological polar surface area (TPSA) is 109 Å². The molecule has 5 rings (SSSR count). The number of ether oxygens (including phenoxy) is 1. The van der Waals surface area contributed by atoms with Gasteiger partial charge in [0.05, 0.1) is 17.3 Å². The number of anilines is 1. The molecule has 3 N–H and O–H groups in total. The number of carbonyl (C=O) groups excluding carboxylic acids is 1. The number of hydrogen-bond acceptors (Lipinski definition) is 6. The second kappa shape index (κ2) is 8.60. The van der Waals surface area contributed by atoms with Gasteiger partial charge in [-0.05, 0) is 37.5 Å². The van der Waals surface area contributed by atoms with Gasteiger partial charge in [0.2, 0.25) is 5.95 Å². The average molecular weight is 473 g/mol. The molecule has 9 nitrogen and oxygen atoms in total. The molecule has 12 heteroatoms. The van der Waals surface area contributed by atoms with Gasteiger partial charge in [0.1, 0.15) is 11.7 Å². The minimum Gasteiger partial charge on any atom is -0.381 e. The highest BCUT2D eigenvalue weighted by Gasteiger charge is 2.36. The summed E-state index contributed by atoms with van der Waals surface area (Å²) in [6, 6.07) is 1.95. The minimum atomic E-state index is -4.41. The summed E-state index contributed by atoms with van der Waals surface area (Å²) in [5.41, 5.74) is 3.02. The fourth-order valence-corrected chi connectivity index (χ4v) is 3.92. The van der Waals surface area contributed by atoms with Crippen LogP contribution in [0, 0.1) is 0 Å². The van der Waals surface area contributed by atoms with E-state index in [1.54, 1.807) is 16.9 Å². The lowest BCUT2D eigenvalue weighted by Gasteiger charge is -2.22. The summed E-state index contributed by atoms with van der Waals surface area (Å²) >= 11 is 0. The quantitative estimate of drug-likeness (QED) is 0.409. The highest BCUT2D eigenvalue weighted by atomic mass is 19.4. The van der Waals surface area contributed by atoms with Crippen LogP contribution < -0.4 is 10.6 Å². The first-order valence-corrected chi connectivity index (χ1v) is 10.8. The molecule has 0 aromatic carbocycles. The predicted octanol–water partition coefficient (Wildman–Crippen LogP) is 3.54. The van der Waals surface area contributed by atoms with E-state index in [4.69, 9.17) is 4.74 Å². The normalized spacial score (nSPS) is 16.1. The van der Waals surface area contributed by atoms with Crippen molar-refractivity contribution in [3.05, 3.63) is 42.5 Å². The molecule has 1 aliphatic rings. The first-order chi connectivity index (χ1) is 16.3. The molecule has 178 valence electrons. The maximum absolute atomic E-state index is 12.9. The van der Waals surface area contributed by atoms with E-state index in [1.165, 1.54) is 12.4 Å². The van der Waals surface area contributed by atoms with Crippen molar-refractivity contribution in [2.24, 2.45) is 0 Å². The number of pyridine rings is 1. The highest BCUT2D eigenvalue weighted by molar-refractivity contribution is 6.02. The van der Waals surface area contributed by atoms with Crippen LogP contribution in [0.4, 0.5) is 19.1 Å². The van der Waals surface area contributed by atoms with E-state index in [-0.39, 0.29) is 17.9 Å². The van der Waals surface area contributed by atoms with Crippen molar-refractivity contribution in [2.75, 3.05) is 18.5 Å². The molecule has 1 aliphatic heterocycles. The zero-order valence-corrected chi connectivity index (χ0v) is 18.2. The Hall–Kier alpha value is -3.67. The zero-order chi connectivity index (χ0) is 23.9. The number of rotatable bonds is 5. The molecule has 0 spiro atoms. The molecule has 0 unspecified atom stereocenters. The smallest absolute Gasteiger partial charge is 0.381 e. The number of nitrogens with one attached hydrogen (secondary N) is 3. The van der Waals surface area contributed by atoms with Crippen LogP contribution in [0.3, 0.4) is 0 Å². The average Bonchev–Trinajstić information content (AvgIpc) is 3.42. The summed E-state index contributed by atoms with van der Waals surface area (Å²) in [6.45, 7) is 2.25. The molecular weight excluding hydrogens is 451 g/mol. The Balaban J connectivity index is 1.43. The number of nitrogens with zero attached hydrogens (tertiary/aromatic N) is 4. The van der Waals surface area contributed by atoms with Crippen LogP contribution in [0.1, 0.15) is 30.1 Å². The number of fused-ring (bicyclic) bond motifs is 2. The van der Waals surface area contributed by atoms with Gasteiger partial charge < -0.3 is 20.4 Å². The molecule has 5 heterocycles. The molecule has 4 aromatic heterocycles. The number of amides is 1. The molecule has 1 amide bonds. The van der Waals surface area contributed by atoms with E-state index in [9.17, 15) is 18.0 Å². The standard InChI is InChI=1S/C22H22F3N7O2/c1-12(22(23,24)25)29-21-27-10-16-15(9-26-19(16)31-21)13-2-5-32-18(8-13)17(11-28-32)20(33)30-14-3-6-34-7-4-14/h2,5,8-12,14H,3-4,6-7H2,1H3,(H,30,33)(H2,26,27,29,31)/t12-/m1/s1. The number of H-pyrrole nitrogens is 1. The van der Waals surface area contributed by atoms with Gasteiger partial charge in [-0.1, -0.05) is 0 Å². The van der Waals surface area contributed by atoms with Crippen LogP contribution in [0.15, 0.2) is 36.9 Å². The number of alkyl halides is 3. The Labute approximate surface area is 191 Å². The molecule has 34 heavy (non-hydrogen) atoms. The molecule has 4 aromatic rings. The van der Waals surface area contributed by atoms with Crippen LogP contribution in [0.5, 0.6) is 0 Å². The van der Waals surface area contributed by atoms with Crippen molar-refractivity contribution in [1.82, 2.24) is 29.9 Å². The van der Waals surface area contributed by atoms with E-state index in [2.05, 4.69) is 30.7 Å². The molecule has 1 fully saturated rings. The van der Waals surface area contributed by atoms with Crippen LogP contribution in [-0.4, -0.2) is 61.9 Å². The van der Waals surface area contributed by atoms with Crippen molar-refractivity contribution in [3.63, 3.8) is 0 Å². The van der Waals surface area contributed by atoms with Gasteiger partial charge in [-0.2, -0.15) is 23.3 Å². The lowest BCUT2D eigenvalue weighted by atomic mass is 10.1. The van der Waals surface area contributed by atoms with Crippen molar-refractivity contribution < 1.29 is 22.7 Å². The highest BCUT2D eigenvalue weighted by Crippen LogP contribution is 2.30. The Morgan fingerprint density at radius 3 is 2.85 bits per heavy atom. The lowest BCUT2D eigenvalue weighted by molar-refractivity contribution is -0.138. The van der Waals surface area contributed by atoms with E-state index >= 15 is 0 Å². The number of aromatic nitrogens is 5. The first-order valence-electron chi connectivity index (χ1n) is 10.8. The third-order valence-electron chi connectivity index (χ3n) is 5.90.